The van der Waals surface area contributed by atoms with E-state index in [4.69, 9.17) is 4.74 Å². The topological polar surface area (TPSA) is 76.1 Å². The molecule has 2 aromatic rings. The molecule has 116 valence electrons. The van der Waals surface area contributed by atoms with Gasteiger partial charge in [-0.15, -0.1) is 0 Å². The highest BCUT2D eigenvalue weighted by atomic mass is 16.5. The van der Waals surface area contributed by atoms with E-state index in [2.05, 4.69) is 27.5 Å². The molecule has 0 saturated carbocycles. The monoisotopic (exact) mass is 300 g/mol. The first-order valence-corrected chi connectivity index (χ1v) is 7.26. The van der Waals surface area contributed by atoms with E-state index in [0.717, 1.165) is 18.5 Å². The van der Waals surface area contributed by atoms with Gasteiger partial charge in [0.2, 0.25) is 5.95 Å². The fourth-order valence-corrected chi connectivity index (χ4v) is 1.88. The molecule has 0 bridgehead atoms. The summed E-state index contributed by atoms with van der Waals surface area (Å²) in [6, 6.07) is 9.04. The van der Waals surface area contributed by atoms with E-state index in [9.17, 15) is 4.79 Å². The van der Waals surface area contributed by atoms with Crippen LogP contribution in [0, 0.1) is 0 Å². The van der Waals surface area contributed by atoms with Crippen molar-refractivity contribution in [2.45, 2.75) is 19.8 Å². The number of benzene rings is 1. The molecule has 0 aliphatic heterocycles. The van der Waals surface area contributed by atoms with E-state index < -0.39 is 0 Å². The van der Waals surface area contributed by atoms with Crippen LogP contribution < -0.4 is 15.4 Å². The molecular weight excluding hydrogens is 280 g/mol. The molecule has 0 saturated heterocycles. The van der Waals surface area contributed by atoms with Crippen molar-refractivity contribution < 1.29 is 9.53 Å². The summed E-state index contributed by atoms with van der Waals surface area (Å²) in [6.07, 6.45) is 3.54. The normalized spacial score (nSPS) is 10.1. The summed E-state index contributed by atoms with van der Waals surface area (Å²) >= 11 is 0. The Labute approximate surface area is 129 Å². The maximum atomic E-state index is 12.0. The molecule has 22 heavy (non-hydrogen) atoms. The van der Waals surface area contributed by atoms with Crippen molar-refractivity contribution >= 4 is 17.5 Å². The molecule has 2 rings (SSSR count). The molecule has 1 amide bonds. The lowest BCUT2D eigenvalue weighted by atomic mass is 10.3. The molecule has 0 unspecified atom stereocenters. The van der Waals surface area contributed by atoms with E-state index in [-0.39, 0.29) is 5.91 Å². The predicted octanol–water partition coefficient (Wildman–Crippen LogP) is 2.76. The SMILES string of the molecule is CCCCNC(=O)c1ccnc(Nc2ccccc2OC)n1. The van der Waals surface area contributed by atoms with Gasteiger partial charge in [-0.2, -0.15) is 0 Å². The molecular formula is C16H20N4O2. The van der Waals surface area contributed by atoms with Gasteiger partial charge in [0.15, 0.2) is 0 Å². The van der Waals surface area contributed by atoms with Gasteiger partial charge in [-0.05, 0) is 24.6 Å². The van der Waals surface area contributed by atoms with Gasteiger partial charge in [0.1, 0.15) is 11.4 Å². The number of aromatic nitrogens is 2. The highest BCUT2D eigenvalue weighted by Crippen LogP contribution is 2.25. The molecule has 1 heterocycles. The Bertz CT molecular complexity index is 631. The predicted molar refractivity (Wildman–Crippen MR) is 85.5 cm³/mol. The summed E-state index contributed by atoms with van der Waals surface area (Å²) < 4.78 is 5.26. The smallest absolute Gasteiger partial charge is 0.270 e. The molecule has 0 fully saturated rings. The second-order valence-electron chi connectivity index (χ2n) is 4.70. The number of hydrogen-bond donors (Lipinski definition) is 2. The summed E-state index contributed by atoms with van der Waals surface area (Å²) in [4.78, 5) is 20.4. The Balaban J connectivity index is 2.09. The van der Waals surface area contributed by atoms with Gasteiger partial charge in [-0.1, -0.05) is 25.5 Å². The third-order valence-corrected chi connectivity index (χ3v) is 3.06. The fraction of sp³-hybridized carbons (Fsp3) is 0.312. The first-order chi connectivity index (χ1) is 10.7. The maximum Gasteiger partial charge on any atom is 0.270 e. The highest BCUT2D eigenvalue weighted by Gasteiger charge is 2.09. The second-order valence-corrected chi connectivity index (χ2v) is 4.70. The van der Waals surface area contributed by atoms with Crippen LogP contribution >= 0.6 is 0 Å². The molecule has 0 radical (unpaired) electrons. The number of nitrogens with zero attached hydrogens (tertiary/aromatic N) is 2. The number of nitrogens with one attached hydrogen (secondary N) is 2. The number of methoxy groups -OCH3 is 1. The van der Waals surface area contributed by atoms with Crippen molar-refractivity contribution in [3.8, 4) is 5.75 Å². The van der Waals surface area contributed by atoms with Gasteiger partial charge >= 0.3 is 0 Å². The maximum absolute atomic E-state index is 12.0. The van der Waals surface area contributed by atoms with Crippen LogP contribution in [0.3, 0.4) is 0 Å². The minimum atomic E-state index is -0.195. The van der Waals surface area contributed by atoms with E-state index in [1.165, 1.54) is 0 Å². The van der Waals surface area contributed by atoms with Crippen molar-refractivity contribution in [1.29, 1.82) is 0 Å². The number of para-hydroxylation sites is 2. The van der Waals surface area contributed by atoms with Crippen LogP contribution in [0.25, 0.3) is 0 Å². The molecule has 0 atom stereocenters. The molecule has 1 aromatic carbocycles. The molecule has 2 N–H and O–H groups in total. The van der Waals surface area contributed by atoms with Crippen LogP contribution in [0.15, 0.2) is 36.5 Å². The van der Waals surface area contributed by atoms with Crippen LogP contribution in [-0.4, -0.2) is 29.5 Å². The average Bonchev–Trinajstić information content (AvgIpc) is 2.56. The van der Waals surface area contributed by atoms with Gasteiger partial charge in [0, 0.05) is 12.7 Å². The molecule has 1 aromatic heterocycles. The van der Waals surface area contributed by atoms with Gasteiger partial charge in [-0.3, -0.25) is 4.79 Å². The molecule has 0 spiro atoms. The van der Waals surface area contributed by atoms with Gasteiger partial charge in [-0.25, -0.2) is 9.97 Å². The molecule has 0 aliphatic carbocycles. The molecule has 0 aliphatic rings. The van der Waals surface area contributed by atoms with Gasteiger partial charge in [0.05, 0.1) is 12.8 Å². The highest BCUT2D eigenvalue weighted by molar-refractivity contribution is 5.92. The zero-order valence-corrected chi connectivity index (χ0v) is 12.8. The summed E-state index contributed by atoms with van der Waals surface area (Å²) in [5, 5.41) is 5.89. The third kappa shape index (κ3) is 4.18. The minimum absolute atomic E-state index is 0.195. The number of amides is 1. The summed E-state index contributed by atoms with van der Waals surface area (Å²) in [5.41, 5.74) is 1.08. The molecule has 6 nitrogen and oxygen atoms in total. The standard InChI is InChI=1S/C16H20N4O2/c1-3-4-10-17-15(21)13-9-11-18-16(20-13)19-12-7-5-6-8-14(12)22-2/h5-9,11H,3-4,10H2,1-2H3,(H,17,21)(H,18,19,20). The lowest BCUT2D eigenvalue weighted by Crippen LogP contribution is -2.25. The number of ether oxygens (including phenoxy) is 1. The lowest BCUT2D eigenvalue weighted by molar-refractivity contribution is 0.0948. The van der Waals surface area contributed by atoms with Gasteiger partial charge in [0.25, 0.3) is 5.91 Å². The van der Waals surface area contributed by atoms with Crippen molar-refractivity contribution in [3.05, 3.63) is 42.2 Å². The van der Waals surface area contributed by atoms with Crippen molar-refractivity contribution in [2.75, 3.05) is 19.0 Å². The van der Waals surface area contributed by atoms with Crippen LogP contribution in [0.4, 0.5) is 11.6 Å². The summed E-state index contributed by atoms with van der Waals surface area (Å²) in [6.45, 7) is 2.72. The quantitative estimate of drug-likeness (QED) is 0.769. The largest absolute Gasteiger partial charge is 0.495 e. The minimum Gasteiger partial charge on any atom is -0.495 e. The number of unbranched alkanes of at least 4 members (excludes halogenated alkanes) is 1. The Morgan fingerprint density at radius 1 is 1.27 bits per heavy atom. The zero-order valence-electron chi connectivity index (χ0n) is 12.8. The van der Waals surface area contributed by atoms with Gasteiger partial charge < -0.3 is 15.4 Å². The Morgan fingerprint density at radius 2 is 2.09 bits per heavy atom. The van der Waals surface area contributed by atoms with Crippen molar-refractivity contribution in [1.82, 2.24) is 15.3 Å². The van der Waals surface area contributed by atoms with E-state index in [0.29, 0.717) is 23.9 Å². The number of anilines is 2. The Hall–Kier alpha value is -2.63. The van der Waals surface area contributed by atoms with Crippen LogP contribution in [-0.2, 0) is 0 Å². The first-order valence-electron chi connectivity index (χ1n) is 7.26. The van der Waals surface area contributed by atoms with Crippen LogP contribution in [0.5, 0.6) is 5.75 Å². The molecule has 6 heteroatoms. The van der Waals surface area contributed by atoms with Crippen molar-refractivity contribution in [2.24, 2.45) is 0 Å². The van der Waals surface area contributed by atoms with E-state index in [1.807, 2.05) is 24.3 Å². The Morgan fingerprint density at radius 3 is 2.86 bits per heavy atom. The number of carbonyl (C=O) groups is 1. The van der Waals surface area contributed by atoms with Crippen LogP contribution in [0.2, 0.25) is 0 Å². The number of carbonyl (C=O) groups excluding carboxylic acids is 1. The number of hydrogen-bond acceptors (Lipinski definition) is 5. The zero-order chi connectivity index (χ0) is 15.8. The number of rotatable bonds is 7. The van der Waals surface area contributed by atoms with Crippen LogP contribution in [0.1, 0.15) is 30.3 Å². The Kier molecular flexibility index (Phi) is 5.71. The van der Waals surface area contributed by atoms with E-state index >= 15 is 0 Å². The van der Waals surface area contributed by atoms with E-state index in [1.54, 1.807) is 19.4 Å². The fourth-order valence-electron chi connectivity index (χ4n) is 1.88. The summed E-state index contributed by atoms with van der Waals surface area (Å²) in [5.74, 6) is 0.843. The third-order valence-electron chi connectivity index (χ3n) is 3.06. The summed E-state index contributed by atoms with van der Waals surface area (Å²) in [7, 11) is 1.60. The second kappa shape index (κ2) is 7.97. The van der Waals surface area contributed by atoms with Crippen molar-refractivity contribution in [3.63, 3.8) is 0 Å². The lowest BCUT2D eigenvalue weighted by Gasteiger charge is -2.10. The average molecular weight is 300 g/mol. The first kappa shape index (κ1) is 15.8.